The van der Waals surface area contributed by atoms with Crippen molar-refractivity contribution >= 4 is 17.9 Å². The van der Waals surface area contributed by atoms with Gasteiger partial charge in [0.1, 0.15) is 18.2 Å². The van der Waals surface area contributed by atoms with Crippen molar-refractivity contribution in [1.29, 1.82) is 0 Å². The topological polar surface area (TPSA) is 87.7 Å². The van der Waals surface area contributed by atoms with Crippen LogP contribution in [0, 0.1) is 6.92 Å². The molecular weight excluding hydrogens is 406 g/mol. The van der Waals surface area contributed by atoms with Crippen molar-refractivity contribution in [3.8, 4) is 0 Å². The Bertz CT molecular complexity index is 778. The zero-order valence-electron chi connectivity index (χ0n) is 21.0. The van der Waals surface area contributed by atoms with Gasteiger partial charge >= 0.3 is 6.09 Å². The van der Waals surface area contributed by atoms with Gasteiger partial charge in [-0.2, -0.15) is 0 Å². The number of nitrogens with one attached hydrogen (secondary N) is 2. The highest BCUT2D eigenvalue weighted by molar-refractivity contribution is 5.91. The third-order valence-corrected chi connectivity index (χ3v) is 4.72. The van der Waals surface area contributed by atoms with Crippen LogP contribution >= 0.6 is 0 Å². The van der Waals surface area contributed by atoms with Crippen molar-refractivity contribution in [3.63, 3.8) is 0 Å². The minimum atomic E-state index is -0.815. The van der Waals surface area contributed by atoms with Gasteiger partial charge in [0.15, 0.2) is 0 Å². The Morgan fingerprint density at radius 3 is 2.22 bits per heavy atom. The first-order valence-electron chi connectivity index (χ1n) is 11.4. The summed E-state index contributed by atoms with van der Waals surface area (Å²) in [5.74, 6) is -0.592. The highest BCUT2D eigenvalue weighted by Crippen LogP contribution is 2.29. The van der Waals surface area contributed by atoms with E-state index in [1.54, 1.807) is 25.7 Å². The van der Waals surface area contributed by atoms with E-state index in [9.17, 15) is 14.4 Å². The fourth-order valence-corrected chi connectivity index (χ4v) is 3.39. The van der Waals surface area contributed by atoms with Crippen LogP contribution in [-0.4, -0.2) is 47.0 Å². The van der Waals surface area contributed by atoms with E-state index < -0.39 is 23.3 Å². The van der Waals surface area contributed by atoms with Gasteiger partial charge in [-0.1, -0.05) is 49.6 Å². The number of hydrogen-bond acceptors (Lipinski definition) is 4. The van der Waals surface area contributed by atoms with E-state index in [0.717, 1.165) is 30.4 Å². The highest BCUT2D eigenvalue weighted by atomic mass is 16.6. The molecule has 1 rings (SSSR count). The second kappa shape index (κ2) is 11.9. The van der Waals surface area contributed by atoms with Crippen molar-refractivity contribution in [3.05, 3.63) is 35.4 Å². The van der Waals surface area contributed by atoms with Crippen LogP contribution < -0.4 is 10.6 Å². The summed E-state index contributed by atoms with van der Waals surface area (Å²) in [6.07, 6.45) is 2.29. The molecule has 0 aliphatic carbocycles. The number of benzene rings is 1. The maximum atomic E-state index is 13.3. The van der Waals surface area contributed by atoms with Gasteiger partial charge in [0.2, 0.25) is 11.8 Å². The van der Waals surface area contributed by atoms with Crippen molar-refractivity contribution in [2.24, 2.45) is 0 Å². The molecule has 7 heteroatoms. The monoisotopic (exact) mass is 447 g/mol. The van der Waals surface area contributed by atoms with Crippen LogP contribution in [0.5, 0.6) is 0 Å². The molecule has 1 atom stereocenters. The van der Waals surface area contributed by atoms with Gasteiger partial charge in [0.05, 0.1) is 0 Å². The van der Waals surface area contributed by atoms with E-state index >= 15 is 0 Å². The highest BCUT2D eigenvalue weighted by Gasteiger charge is 2.38. The molecule has 0 spiro atoms. The number of aryl methyl sites for hydroxylation is 1. The molecule has 0 radical (unpaired) electrons. The Morgan fingerprint density at radius 2 is 1.69 bits per heavy atom. The van der Waals surface area contributed by atoms with E-state index in [1.807, 2.05) is 52.0 Å². The average molecular weight is 448 g/mol. The Balaban J connectivity index is 3.19. The van der Waals surface area contributed by atoms with Crippen LogP contribution in [0.15, 0.2) is 24.3 Å². The van der Waals surface area contributed by atoms with Crippen LogP contribution in [0.2, 0.25) is 0 Å². The lowest BCUT2D eigenvalue weighted by atomic mass is 9.95. The summed E-state index contributed by atoms with van der Waals surface area (Å²) in [7, 11) is 0. The molecule has 1 aromatic rings. The molecule has 3 amide bonds. The van der Waals surface area contributed by atoms with E-state index in [1.165, 1.54) is 0 Å². The number of alkyl carbamates (subject to hydrolysis) is 1. The molecule has 180 valence electrons. The summed E-state index contributed by atoms with van der Waals surface area (Å²) >= 11 is 0. The number of carbonyl (C=O) groups is 3. The largest absolute Gasteiger partial charge is 0.444 e. The lowest BCUT2D eigenvalue weighted by Gasteiger charge is -2.41. The van der Waals surface area contributed by atoms with Gasteiger partial charge in [-0.25, -0.2) is 4.79 Å². The average Bonchev–Trinajstić information content (AvgIpc) is 2.65. The summed E-state index contributed by atoms with van der Waals surface area (Å²) in [5, 5.41) is 5.52. The van der Waals surface area contributed by atoms with Crippen molar-refractivity contribution in [2.75, 3.05) is 13.1 Å². The molecule has 32 heavy (non-hydrogen) atoms. The fourth-order valence-electron chi connectivity index (χ4n) is 3.39. The number of carbonyl (C=O) groups excluding carboxylic acids is 3. The summed E-state index contributed by atoms with van der Waals surface area (Å²) in [4.78, 5) is 40.3. The second-order valence-corrected chi connectivity index (χ2v) is 10.1. The van der Waals surface area contributed by atoms with Crippen LogP contribution in [0.4, 0.5) is 4.79 Å². The van der Waals surface area contributed by atoms with E-state index in [2.05, 4.69) is 17.6 Å². The molecule has 0 bridgehead atoms. The number of nitrogens with zero attached hydrogens (tertiary/aromatic N) is 1. The van der Waals surface area contributed by atoms with Crippen LogP contribution in [0.1, 0.15) is 84.9 Å². The Morgan fingerprint density at radius 1 is 1.03 bits per heavy atom. The SMILES string of the molecule is CCCCCNC(=O)C(c1cccc(C)c1)N(C(=O)CNC(=O)OC(C)(C)C)C(C)(C)C. The molecule has 0 aromatic heterocycles. The third-order valence-electron chi connectivity index (χ3n) is 4.72. The van der Waals surface area contributed by atoms with Gasteiger partial charge in [0.25, 0.3) is 0 Å². The van der Waals surface area contributed by atoms with Crippen LogP contribution in [0.3, 0.4) is 0 Å². The van der Waals surface area contributed by atoms with Crippen molar-refractivity contribution in [2.45, 2.75) is 91.8 Å². The van der Waals surface area contributed by atoms with E-state index in [-0.39, 0.29) is 18.4 Å². The first-order valence-corrected chi connectivity index (χ1v) is 11.4. The van der Waals surface area contributed by atoms with Crippen molar-refractivity contribution < 1.29 is 19.1 Å². The summed E-state index contributed by atoms with van der Waals surface area (Å²) in [6.45, 7) is 15.3. The number of unbranched alkanes of at least 4 members (excludes halogenated alkanes) is 2. The van der Waals surface area contributed by atoms with Gasteiger partial charge < -0.3 is 20.3 Å². The first-order chi connectivity index (χ1) is 14.8. The Kier molecular flexibility index (Phi) is 10.2. The molecule has 1 unspecified atom stereocenters. The molecule has 2 N–H and O–H groups in total. The van der Waals surface area contributed by atoms with Gasteiger partial charge in [0, 0.05) is 12.1 Å². The predicted octanol–water partition coefficient (Wildman–Crippen LogP) is 4.49. The second-order valence-electron chi connectivity index (χ2n) is 10.1. The molecule has 0 heterocycles. The quantitative estimate of drug-likeness (QED) is 0.546. The lowest BCUT2D eigenvalue weighted by molar-refractivity contribution is -0.145. The first kappa shape index (κ1) is 27.5. The number of hydrogen-bond donors (Lipinski definition) is 2. The van der Waals surface area contributed by atoms with E-state index in [4.69, 9.17) is 4.74 Å². The molecular formula is C25H41N3O4. The van der Waals surface area contributed by atoms with Crippen molar-refractivity contribution in [1.82, 2.24) is 15.5 Å². The third kappa shape index (κ3) is 9.28. The van der Waals surface area contributed by atoms with Crippen LogP contribution in [0.25, 0.3) is 0 Å². The maximum Gasteiger partial charge on any atom is 0.408 e. The summed E-state index contributed by atoms with van der Waals surface area (Å²) in [5.41, 5.74) is 0.402. The number of ether oxygens (including phenoxy) is 1. The minimum Gasteiger partial charge on any atom is -0.444 e. The zero-order chi connectivity index (χ0) is 24.5. The molecule has 0 aliphatic heterocycles. The molecule has 1 aromatic carbocycles. The van der Waals surface area contributed by atoms with E-state index in [0.29, 0.717) is 6.54 Å². The Labute approximate surface area is 193 Å². The fraction of sp³-hybridized carbons (Fsp3) is 0.640. The lowest BCUT2D eigenvalue weighted by Crippen LogP contribution is -2.55. The standard InChI is InChI=1S/C25H41N3O4/c1-9-10-11-15-26-22(30)21(19-14-12-13-18(2)16-19)28(24(3,4)5)20(29)17-27-23(31)32-25(6,7)8/h12-14,16,21H,9-11,15,17H2,1-8H3,(H,26,30)(H,27,31). The van der Waals surface area contributed by atoms with Gasteiger partial charge in [-0.3, -0.25) is 9.59 Å². The smallest absolute Gasteiger partial charge is 0.408 e. The number of amides is 3. The molecule has 0 saturated carbocycles. The number of rotatable bonds is 9. The minimum absolute atomic E-state index is 0.229. The van der Waals surface area contributed by atoms with Gasteiger partial charge in [-0.05, 0) is 60.5 Å². The summed E-state index contributed by atoms with van der Waals surface area (Å²) in [6, 6.07) is 6.80. The molecule has 0 saturated heterocycles. The van der Waals surface area contributed by atoms with Gasteiger partial charge in [-0.15, -0.1) is 0 Å². The summed E-state index contributed by atoms with van der Waals surface area (Å²) < 4.78 is 5.24. The maximum absolute atomic E-state index is 13.3. The Hall–Kier alpha value is -2.57. The molecule has 7 nitrogen and oxygen atoms in total. The predicted molar refractivity (Wildman–Crippen MR) is 127 cm³/mol. The molecule has 0 fully saturated rings. The zero-order valence-corrected chi connectivity index (χ0v) is 21.0. The normalized spacial score (nSPS) is 12.6. The van der Waals surface area contributed by atoms with Crippen LogP contribution in [-0.2, 0) is 14.3 Å². The molecule has 0 aliphatic rings.